The van der Waals surface area contributed by atoms with Crippen molar-refractivity contribution in [3.63, 3.8) is 0 Å². The number of amides is 1. The van der Waals surface area contributed by atoms with Crippen LogP contribution < -0.4 is 10.0 Å². The van der Waals surface area contributed by atoms with Crippen LogP contribution in [0.25, 0.3) is 0 Å². The van der Waals surface area contributed by atoms with Gasteiger partial charge in [-0.1, -0.05) is 49.2 Å². The van der Waals surface area contributed by atoms with E-state index in [1.165, 1.54) is 31.2 Å². The number of hydrogen-bond donors (Lipinski definition) is 2. The van der Waals surface area contributed by atoms with Crippen LogP contribution in [-0.4, -0.2) is 26.9 Å². The summed E-state index contributed by atoms with van der Waals surface area (Å²) in [6.45, 7) is 5.78. The minimum atomic E-state index is -3.82. The minimum Gasteiger partial charge on any atom is -0.354 e. The van der Waals surface area contributed by atoms with Crippen LogP contribution in [-0.2, 0) is 20.2 Å². The first kappa shape index (κ1) is 21.7. The van der Waals surface area contributed by atoms with E-state index in [-0.39, 0.29) is 10.3 Å². The Kier molecular flexibility index (Phi) is 6.92. The molecule has 2 aromatic carbocycles. The molecule has 0 aliphatic carbocycles. The third-order valence-corrected chi connectivity index (χ3v) is 6.20. The molecule has 0 heterocycles. The molecule has 0 spiro atoms. The van der Waals surface area contributed by atoms with E-state index in [0.29, 0.717) is 16.6 Å². The van der Waals surface area contributed by atoms with E-state index in [4.69, 9.17) is 23.2 Å². The molecule has 2 aromatic rings. The van der Waals surface area contributed by atoms with E-state index in [1.807, 2.05) is 32.0 Å². The Bertz CT molecular complexity index is 913. The summed E-state index contributed by atoms with van der Waals surface area (Å²) in [5, 5.41) is 3.85. The van der Waals surface area contributed by atoms with Gasteiger partial charge in [-0.15, -0.1) is 0 Å². The molecular weight excluding hydrogens is 407 g/mol. The van der Waals surface area contributed by atoms with Crippen molar-refractivity contribution >= 4 is 39.1 Å². The van der Waals surface area contributed by atoms with Crippen LogP contribution >= 0.6 is 23.2 Å². The fourth-order valence-electron chi connectivity index (χ4n) is 2.44. The minimum absolute atomic E-state index is 0.0470. The highest BCUT2D eigenvalue weighted by atomic mass is 35.5. The number of rotatable bonds is 7. The van der Waals surface area contributed by atoms with Crippen molar-refractivity contribution in [2.45, 2.75) is 37.1 Å². The second-order valence-electron chi connectivity index (χ2n) is 6.91. The van der Waals surface area contributed by atoms with E-state index in [0.717, 1.165) is 5.56 Å². The summed E-state index contributed by atoms with van der Waals surface area (Å²) in [5.41, 5.74) is 0.611. The summed E-state index contributed by atoms with van der Waals surface area (Å²) in [6, 6.07) is 12.2. The zero-order valence-corrected chi connectivity index (χ0v) is 17.6. The number of benzene rings is 2. The zero-order chi connectivity index (χ0) is 20.2. The number of carbonyl (C=O) groups excluding carboxylic acids is 1. The van der Waals surface area contributed by atoms with E-state index in [2.05, 4.69) is 10.0 Å². The smallest absolute Gasteiger partial charge is 0.241 e. The zero-order valence-electron chi connectivity index (χ0n) is 15.3. The molecule has 0 saturated heterocycles. The Hall–Kier alpha value is -1.60. The van der Waals surface area contributed by atoms with Crippen molar-refractivity contribution in [2.75, 3.05) is 6.54 Å². The molecule has 0 aliphatic heterocycles. The third kappa shape index (κ3) is 5.94. The molecular formula is C19H22Cl2N2O3S. The highest BCUT2D eigenvalue weighted by molar-refractivity contribution is 7.89. The van der Waals surface area contributed by atoms with Gasteiger partial charge in [-0.25, -0.2) is 8.42 Å². The van der Waals surface area contributed by atoms with E-state index >= 15 is 0 Å². The van der Waals surface area contributed by atoms with Gasteiger partial charge in [0.1, 0.15) is 0 Å². The fourth-order valence-corrected chi connectivity index (χ4v) is 3.96. The fraction of sp³-hybridized carbons (Fsp3) is 0.316. The lowest BCUT2D eigenvalue weighted by molar-refractivity contribution is -0.122. The Labute approximate surface area is 170 Å². The number of sulfonamides is 1. The largest absolute Gasteiger partial charge is 0.354 e. The van der Waals surface area contributed by atoms with Gasteiger partial charge in [0.25, 0.3) is 0 Å². The normalized spacial score (nSPS) is 13.2. The summed E-state index contributed by atoms with van der Waals surface area (Å²) >= 11 is 11.8. The highest BCUT2D eigenvalue weighted by Crippen LogP contribution is 2.25. The van der Waals surface area contributed by atoms with Gasteiger partial charge in [-0.2, -0.15) is 4.72 Å². The Morgan fingerprint density at radius 1 is 1.07 bits per heavy atom. The number of hydrogen-bond acceptors (Lipinski definition) is 3. The van der Waals surface area contributed by atoms with Gasteiger partial charge in [0.15, 0.2) is 0 Å². The van der Waals surface area contributed by atoms with Gasteiger partial charge in [-0.3, -0.25) is 4.79 Å². The maximum Gasteiger partial charge on any atom is 0.241 e. The maximum atomic E-state index is 12.4. The summed E-state index contributed by atoms with van der Waals surface area (Å²) < 4.78 is 27.1. The SMILES string of the molecule is C[C@H](NS(=O)(=O)c1ccc(Cl)cc1)C(=O)NCC(C)(C)c1cccc(Cl)c1. The molecule has 0 saturated carbocycles. The molecule has 0 aliphatic rings. The average Bonchev–Trinajstić information content (AvgIpc) is 2.59. The molecule has 2 N–H and O–H groups in total. The predicted octanol–water partition coefficient (Wildman–Crippen LogP) is 3.75. The molecule has 0 aromatic heterocycles. The first-order valence-corrected chi connectivity index (χ1v) is 10.6. The molecule has 5 nitrogen and oxygen atoms in total. The van der Waals surface area contributed by atoms with Crippen LogP contribution in [0.2, 0.25) is 10.0 Å². The Morgan fingerprint density at radius 3 is 2.30 bits per heavy atom. The van der Waals surface area contributed by atoms with Crippen LogP contribution in [0, 0.1) is 0 Å². The molecule has 1 atom stereocenters. The lowest BCUT2D eigenvalue weighted by Crippen LogP contribution is -2.47. The quantitative estimate of drug-likeness (QED) is 0.704. The number of carbonyl (C=O) groups is 1. The van der Waals surface area contributed by atoms with Crippen molar-refractivity contribution in [1.82, 2.24) is 10.0 Å². The van der Waals surface area contributed by atoms with Gasteiger partial charge in [0.2, 0.25) is 15.9 Å². The summed E-state index contributed by atoms with van der Waals surface area (Å²) in [7, 11) is -3.82. The molecule has 8 heteroatoms. The molecule has 0 bridgehead atoms. The third-order valence-electron chi connectivity index (χ3n) is 4.16. The van der Waals surface area contributed by atoms with Gasteiger partial charge in [0.05, 0.1) is 10.9 Å². The van der Waals surface area contributed by atoms with Crippen LogP contribution in [0.3, 0.4) is 0 Å². The molecule has 1 amide bonds. The van der Waals surface area contributed by atoms with Crippen molar-refractivity contribution in [3.8, 4) is 0 Å². The van der Waals surface area contributed by atoms with Crippen molar-refractivity contribution < 1.29 is 13.2 Å². The van der Waals surface area contributed by atoms with Crippen LogP contribution in [0.4, 0.5) is 0 Å². The van der Waals surface area contributed by atoms with E-state index in [9.17, 15) is 13.2 Å². The standard InChI is InChI=1S/C19H22Cl2N2O3S/c1-13(23-27(25,26)17-9-7-15(20)8-10-17)18(24)22-12-19(2,3)14-5-4-6-16(21)11-14/h4-11,13,23H,12H2,1-3H3,(H,22,24)/t13-/m0/s1. The lowest BCUT2D eigenvalue weighted by Gasteiger charge is -2.26. The first-order chi connectivity index (χ1) is 12.5. The maximum absolute atomic E-state index is 12.4. The van der Waals surface area contributed by atoms with E-state index < -0.39 is 22.0 Å². The molecule has 27 heavy (non-hydrogen) atoms. The van der Waals surface area contributed by atoms with Crippen LogP contribution in [0.15, 0.2) is 53.4 Å². The monoisotopic (exact) mass is 428 g/mol. The van der Waals surface area contributed by atoms with Crippen molar-refractivity contribution in [3.05, 3.63) is 64.1 Å². The predicted molar refractivity (Wildman–Crippen MR) is 109 cm³/mol. The molecule has 2 rings (SSSR count). The van der Waals surface area contributed by atoms with E-state index in [1.54, 1.807) is 6.07 Å². The van der Waals surface area contributed by atoms with Gasteiger partial charge in [-0.05, 0) is 48.9 Å². The summed E-state index contributed by atoms with van der Waals surface area (Å²) in [5.74, 6) is -0.414. The molecule has 0 fully saturated rings. The Morgan fingerprint density at radius 2 is 1.70 bits per heavy atom. The topological polar surface area (TPSA) is 75.3 Å². The number of halogens is 2. The molecule has 146 valence electrons. The van der Waals surface area contributed by atoms with Gasteiger partial charge in [0, 0.05) is 22.0 Å². The summed E-state index contributed by atoms with van der Waals surface area (Å²) in [4.78, 5) is 12.4. The average molecular weight is 429 g/mol. The number of nitrogens with one attached hydrogen (secondary N) is 2. The van der Waals surface area contributed by atoms with Crippen LogP contribution in [0.1, 0.15) is 26.3 Å². The summed E-state index contributed by atoms with van der Waals surface area (Å²) in [6.07, 6.45) is 0. The van der Waals surface area contributed by atoms with Gasteiger partial charge < -0.3 is 5.32 Å². The van der Waals surface area contributed by atoms with Crippen LogP contribution in [0.5, 0.6) is 0 Å². The molecule has 0 radical (unpaired) electrons. The highest BCUT2D eigenvalue weighted by Gasteiger charge is 2.25. The first-order valence-electron chi connectivity index (χ1n) is 8.33. The lowest BCUT2D eigenvalue weighted by atomic mass is 9.84. The van der Waals surface area contributed by atoms with Crippen molar-refractivity contribution in [1.29, 1.82) is 0 Å². The van der Waals surface area contributed by atoms with Crippen molar-refractivity contribution in [2.24, 2.45) is 0 Å². The second-order valence-corrected chi connectivity index (χ2v) is 9.50. The molecule has 0 unspecified atom stereocenters. The van der Waals surface area contributed by atoms with Gasteiger partial charge >= 0.3 is 0 Å². The Balaban J connectivity index is 2.00. The second kappa shape index (κ2) is 8.61.